The van der Waals surface area contributed by atoms with E-state index in [0.29, 0.717) is 18.1 Å². The highest BCUT2D eigenvalue weighted by Gasteiger charge is 2.31. The van der Waals surface area contributed by atoms with Crippen molar-refractivity contribution in [3.8, 4) is 5.69 Å². The van der Waals surface area contributed by atoms with E-state index in [4.69, 9.17) is 16.3 Å². The van der Waals surface area contributed by atoms with E-state index >= 15 is 0 Å². The number of hydrogen-bond acceptors (Lipinski definition) is 4. The Morgan fingerprint density at radius 3 is 2.50 bits per heavy atom. The van der Waals surface area contributed by atoms with Crippen molar-refractivity contribution in [1.29, 1.82) is 0 Å². The molecule has 0 saturated heterocycles. The van der Waals surface area contributed by atoms with Crippen molar-refractivity contribution in [3.63, 3.8) is 0 Å². The Hall–Kier alpha value is -1.43. The first-order valence-electron chi connectivity index (χ1n) is 10.7. The van der Waals surface area contributed by atoms with E-state index in [-0.39, 0.29) is 0 Å². The zero-order valence-corrected chi connectivity index (χ0v) is 17.4. The van der Waals surface area contributed by atoms with Gasteiger partial charge in [0.05, 0.1) is 24.4 Å². The van der Waals surface area contributed by atoms with Gasteiger partial charge in [-0.05, 0) is 69.3 Å². The average molecular weight is 401 g/mol. The topological polar surface area (TPSA) is 43.2 Å². The van der Waals surface area contributed by atoms with Crippen LogP contribution in [0.1, 0.15) is 74.5 Å². The van der Waals surface area contributed by atoms with Gasteiger partial charge < -0.3 is 4.74 Å². The summed E-state index contributed by atoms with van der Waals surface area (Å²) < 4.78 is 8.67. The summed E-state index contributed by atoms with van der Waals surface area (Å²) in [6, 6.07) is 6.19. The molecule has 1 aromatic heterocycles. The van der Waals surface area contributed by atoms with Gasteiger partial charge >= 0.3 is 0 Å². The van der Waals surface area contributed by atoms with Crippen molar-refractivity contribution in [3.05, 3.63) is 40.4 Å². The summed E-state index contributed by atoms with van der Waals surface area (Å²) in [7, 11) is 2.13. The van der Waals surface area contributed by atoms with E-state index in [1.54, 1.807) is 0 Å². The van der Waals surface area contributed by atoms with Gasteiger partial charge in [0.2, 0.25) is 0 Å². The second kappa shape index (κ2) is 7.77. The van der Waals surface area contributed by atoms with Gasteiger partial charge in [-0.1, -0.05) is 24.4 Å². The maximum Gasteiger partial charge on any atom is 0.151 e. The second-order valence-electron chi connectivity index (χ2n) is 8.77. The standard InChI is InChI=1S/C22H29ClN4O/c1-26-13-16-12-17(23)8-11-20(16)27-21(14-26)24-25-22(27)15-6-9-19(10-7-15)28-18-4-2-3-5-18/h8,11-12,15,18-19H,2-7,9-10,13-14H2,1H3. The number of rotatable bonds is 3. The Morgan fingerprint density at radius 2 is 1.71 bits per heavy atom. The minimum atomic E-state index is 0.433. The Balaban J connectivity index is 1.38. The molecule has 6 heteroatoms. The van der Waals surface area contributed by atoms with Crippen molar-refractivity contribution < 1.29 is 4.74 Å². The fourth-order valence-electron chi connectivity index (χ4n) is 5.20. The fourth-order valence-corrected chi connectivity index (χ4v) is 5.40. The zero-order valence-electron chi connectivity index (χ0n) is 16.6. The minimum absolute atomic E-state index is 0.433. The monoisotopic (exact) mass is 400 g/mol. The maximum absolute atomic E-state index is 6.37. The molecule has 1 aliphatic heterocycles. The number of ether oxygens (including phenoxy) is 1. The largest absolute Gasteiger partial charge is 0.375 e. The Kier molecular flexibility index (Phi) is 5.16. The third kappa shape index (κ3) is 3.60. The van der Waals surface area contributed by atoms with Gasteiger partial charge in [0.25, 0.3) is 0 Å². The summed E-state index contributed by atoms with van der Waals surface area (Å²) in [4.78, 5) is 2.28. The number of benzene rings is 1. The summed E-state index contributed by atoms with van der Waals surface area (Å²) in [6.07, 6.45) is 10.7. The van der Waals surface area contributed by atoms with E-state index in [2.05, 4.69) is 38.8 Å². The second-order valence-corrected chi connectivity index (χ2v) is 9.21. The fraction of sp³-hybridized carbons (Fsp3) is 0.636. The van der Waals surface area contributed by atoms with Crippen LogP contribution in [0, 0.1) is 0 Å². The molecule has 0 spiro atoms. The van der Waals surface area contributed by atoms with Gasteiger partial charge in [0.1, 0.15) is 5.82 Å². The molecule has 5 nitrogen and oxygen atoms in total. The van der Waals surface area contributed by atoms with Gasteiger partial charge in [-0.2, -0.15) is 0 Å². The third-order valence-electron chi connectivity index (χ3n) is 6.62. The van der Waals surface area contributed by atoms with E-state index < -0.39 is 0 Å². The highest BCUT2D eigenvalue weighted by atomic mass is 35.5. The maximum atomic E-state index is 6.37. The number of halogens is 1. The molecule has 0 N–H and O–H groups in total. The first kappa shape index (κ1) is 18.6. The van der Waals surface area contributed by atoms with Crippen LogP contribution < -0.4 is 0 Å². The van der Waals surface area contributed by atoms with Crippen LogP contribution in [0.25, 0.3) is 5.69 Å². The number of fused-ring (bicyclic) bond motifs is 3. The summed E-state index contributed by atoms with van der Waals surface area (Å²) in [5.74, 6) is 2.60. The van der Waals surface area contributed by atoms with Gasteiger partial charge in [-0.3, -0.25) is 9.47 Å². The molecule has 5 rings (SSSR count). The molecule has 2 heterocycles. The molecule has 150 valence electrons. The molecule has 3 aliphatic rings. The Morgan fingerprint density at radius 1 is 0.964 bits per heavy atom. The lowest BCUT2D eigenvalue weighted by molar-refractivity contribution is -0.0288. The van der Waals surface area contributed by atoms with Crippen LogP contribution in [0.4, 0.5) is 0 Å². The predicted octanol–water partition coefficient (Wildman–Crippen LogP) is 4.85. The first-order valence-corrected chi connectivity index (χ1v) is 11.1. The number of nitrogens with zero attached hydrogens (tertiary/aromatic N) is 4. The van der Waals surface area contributed by atoms with Gasteiger partial charge in [-0.15, -0.1) is 10.2 Å². The Bertz CT molecular complexity index is 837. The molecular weight excluding hydrogens is 372 g/mol. The number of aromatic nitrogens is 3. The van der Waals surface area contributed by atoms with E-state index in [1.165, 1.54) is 36.9 Å². The van der Waals surface area contributed by atoms with Crippen molar-refractivity contribution in [1.82, 2.24) is 19.7 Å². The van der Waals surface area contributed by atoms with E-state index in [1.807, 2.05) is 6.07 Å². The lowest BCUT2D eigenvalue weighted by Gasteiger charge is -2.30. The molecule has 0 unspecified atom stereocenters. The molecule has 0 bridgehead atoms. The normalized spacial score (nSPS) is 26.1. The SMILES string of the molecule is CN1Cc2cc(Cl)ccc2-n2c(nnc2C2CCC(OC3CCCC3)CC2)C1. The molecule has 2 fully saturated rings. The highest BCUT2D eigenvalue weighted by molar-refractivity contribution is 6.30. The Labute approximate surface area is 172 Å². The lowest BCUT2D eigenvalue weighted by Crippen LogP contribution is -2.26. The van der Waals surface area contributed by atoms with Gasteiger partial charge in [0, 0.05) is 17.5 Å². The molecule has 2 aromatic rings. The molecule has 0 atom stereocenters. The predicted molar refractivity (Wildman–Crippen MR) is 110 cm³/mol. The van der Waals surface area contributed by atoms with Gasteiger partial charge in [-0.25, -0.2) is 0 Å². The van der Waals surface area contributed by atoms with E-state index in [9.17, 15) is 0 Å². The van der Waals surface area contributed by atoms with Crippen molar-refractivity contribution >= 4 is 11.6 Å². The van der Waals surface area contributed by atoms with E-state index in [0.717, 1.165) is 55.4 Å². The molecular formula is C22H29ClN4O. The van der Waals surface area contributed by atoms with Crippen LogP contribution in [0.15, 0.2) is 18.2 Å². The smallest absolute Gasteiger partial charge is 0.151 e. The minimum Gasteiger partial charge on any atom is -0.375 e. The molecule has 2 saturated carbocycles. The molecule has 0 radical (unpaired) electrons. The van der Waals surface area contributed by atoms with Crippen LogP contribution in [0.3, 0.4) is 0 Å². The third-order valence-corrected chi connectivity index (χ3v) is 6.85. The van der Waals surface area contributed by atoms with Crippen molar-refractivity contribution in [2.75, 3.05) is 7.05 Å². The van der Waals surface area contributed by atoms with Crippen LogP contribution in [0.5, 0.6) is 0 Å². The molecule has 1 aromatic carbocycles. The molecule has 0 amide bonds. The average Bonchev–Trinajstić information content (AvgIpc) is 3.30. The summed E-state index contributed by atoms with van der Waals surface area (Å²) >= 11 is 6.28. The molecule has 28 heavy (non-hydrogen) atoms. The van der Waals surface area contributed by atoms with Crippen LogP contribution in [0.2, 0.25) is 5.02 Å². The highest BCUT2D eigenvalue weighted by Crippen LogP contribution is 2.37. The molecule has 2 aliphatic carbocycles. The van der Waals surface area contributed by atoms with Gasteiger partial charge in [0.15, 0.2) is 5.82 Å². The zero-order chi connectivity index (χ0) is 19.1. The van der Waals surface area contributed by atoms with Crippen LogP contribution in [-0.4, -0.2) is 38.9 Å². The quantitative estimate of drug-likeness (QED) is 0.738. The summed E-state index contributed by atoms with van der Waals surface area (Å²) in [5, 5.41) is 10.0. The van der Waals surface area contributed by atoms with Crippen molar-refractivity contribution in [2.24, 2.45) is 0 Å². The van der Waals surface area contributed by atoms with Crippen LogP contribution >= 0.6 is 11.6 Å². The van der Waals surface area contributed by atoms with Crippen LogP contribution in [-0.2, 0) is 17.8 Å². The first-order chi connectivity index (χ1) is 13.7. The summed E-state index contributed by atoms with van der Waals surface area (Å²) in [6.45, 7) is 1.68. The lowest BCUT2D eigenvalue weighted by atomic mass is 9.86. The van der Waals surface area contributed by atoms with Crippen molar-refractivity contribution in [2.45, 2.75) is 82.6 Å². The summed E-state index contributed by atoms with van der Waals surface area (Å²) in [5.41, 5.74) is 2.43. The number of hydrogen-bond donors (Lipinski definition) is 0.